The second-order valence-corrected chi connectivity index (χ2v) is 5.54. The molecule has 0 aromatic heterocycles. The maximum absolute atomic E-state index is 12.0. The van der Waals surface area contributed by atoms with Crippen molar-refractivity contribution in [3.05, 3.63) is 27.3 Å². The second kappa shape index (κ2) is 5.85. The molecule has 1 amide bonds. The van der Waals surface area contributed by atoms with E-state index in [1.165, 1.54) is 6.07 Å². The van der Waals surface area contributed by atoms with Crippen LogP contribution in [0.2, 0.25) is 0 Å². The van der Waals surface area contributed by atoms with Crippen LogP contribution in [0.15, 0.2) is 18.2 Å². The Kier molecular flexibility index (Phi) is 4.38. The number of benzene rings is 1. The average molecular weight is 376 g/mol. The van der Waals surface area contributed by atoms with Crippen molar-refractivity contribution in [3.63, 3.8) is 0 Å². The minimum absolute atomic E-state index is 0.0627. The second-order valence-electron chi connectivity index (χ2n) is 4.29. The summed E-state index contributed by atoms with van der Waals surface area (Å²) in [5.41, 5.74) is 6.09. The number of carbonyl (C=O) groups is 2. The summed E-state index contributed by atoms with van der Waals surface area (Å²) in [4.78, 5) is 23.2. The molecule has 2 atom stereocenters. The van der Waals surface area contributed by atoms with E-state index in [9.17, 15) is 9.59 Å². The van der Waals surface area contributed by atoms with Crippen molar-refractivity contribution in [2.24, 2.45) is 11.7 Å². The number of carbonyl (C=O) groups excluding carboxylic acids is 1. The molecule has 19 heavy (non-hydrogen) atoms. The molecule has 0 bridgehead atoms. The topological polar surface area (TPSA) is 102 Å². The zero-order valence-corrected chi connectivity index (χ0v) is 12.1. The number of halogens is 1. The van der Waals surface area contributed by atoms with Crippen molar-refractivity contribution < 1.29 is 19.4 Å². The number of hydrogen-bond acceptors (Lipinski definition) is 4. The molecule has 1 fully saturated rings. The van der Waals surface area contributed by atoms with Crippen LogP contribution in [-0.2, 0) is 9.53 Å². The third kappa shape index (κ3) is 3.23. The van der Waals surface area contributed by atoms with E-state index in [-0.39, 0.29) is 29.8 Å². The van der Waals surface area contributed by atoms with Crippen LogP contribution in [-0.4, -0.2) is 36.2 Å². The van der Waals surface area contributed by atoms with Gasteiger partial charge in [-0.1, -0.05) is 0 Å². The Morgan fingerprint density at radius 1 is 1.42 bits per heavy atom. The lowest BCUT2D eigenvalue weighted by Gasteiger charge is -2.14. The van der Waals surface area contributed by atoms with Gasteiger partial charge in [-0.15, -0.1) is 0 Å². The summed E-state index contributed by atoms with van der Waals surface area (Å²) in [7, 11) is 0. The molecular weight excluding hydrogens is 363 g/mol. The fraction of sp³-hybridized carbons (Fsp3) is 0.333. The Morgan fingerprint density at radius 2 is 2.16 bits per heavy atom. The largest absolute Gasteiger partial charge is 0.478 e. The molecule has 2 rings (SSSR count). The molecule has 2 unspecified atom stereocenters. The van der Waals surface area contributed by atoms with Crippen molar-refractivity contribution >= 4 is 40.2 Å². The molecular formula is C12H13IN2O4. The normalized spacial score (nSPS) is 22.2. The van der Waals surface area contributed by atoms with Crippen molar-refractivity contribution in [3.8, 4) is 0 Å². The monoisotopic (exact) mass is 376 g/mol. The van der Waals surface area contributed by atoms with E-state index in [0.717, 1.165) is 3.57 Å². The Hall–Kier alpha value is -1.19. The molecule has 0 radical (unpaired) electrons. The van der Waals surface area contributed by atoms with Crippen LogP contribution in [0.25, 0.3) is 0 Å². The van der Waals surface area contributed by atoms with E-state index in [4.69, 9.17) is 15.6 Å². The molecule has 1 aliphatic heterocycles. The van der Waals surface area contributed by atoms with E-state index >= 15 is 0 Å². The molecule has 7 heteroatoms. The van der Waals surface area contributed by atoms with Crippen LogP contribution in [0.4, 0.5) is 5.69 Å². The van der Waals surface area contributed by atoms with Crippen LogP contribution in [0, 0.1) is 9.49 Å². The van der Waals surface area contributed by atoms with Gasteiger partial charge in [-0.3, -0.25) is 4.79 Å². The van der Waals surface area contributed by atoms with Gasteiger partial charge < -0.3 is 20.9 Å². The van der Waals surface area contributed by atoms with Crippen LogP contribution in [0.5, 0.6) is 0 Å². The summed E-state index contributed by atoms with van der Waals surface area (Å²) in [5.74, 6) is -1.84. The molecule has 1 aromatic carbocycles. The quantitative estimate of drug-likeness (QED) is 0.681. The molecule has 0 spiro atoms. The van der Waals surface area contributed by atoms with Gasteiger partial charge in [-0.05, 0) is 40.8 Å². The smallest absolute Gasteiger partial charge is 0.337 e. The Labute approximate surface area is 123 Å². The van der Waals surface area contributed by atoms with Gasteiger partial charge in [0.15, 0.2) is 0 Å². The fourth-order valence-electron chi connectivity index (χ4n) is 1.87. The summed E-state index contributed by atoms with van der Waals surface area (Å²) in [5, 5.41) is 11.7. The van der Waals surface area contributed by atoms with Crippen molar-refractivity contribution in [1.82, 2.24) is 0 Å². The maximum Gasteiger partial charge on any atom is 0.337 e. The molecule has 0 aliphatic carbocycles. The fourth-order valence-corrected chi connectivity index (χ4v) is 2.36. The van der Waals surface area contributed by atoms with Crippen LogP contribution in [0.1, 0.15) is 10.4 Å². The van der Waals surface area contributed by atoms with Gasteiger partial charge in [0, 0.05) is 9.61 Å². The summed E-state index contributed by atoms with van der Waals surface area (Å²) in [6.07, 6.45) is 0. The predicted octanol–water partition coefficient (Wildman–Crippen LogP) is 0.902. The van der Waals surface area contributed by atoms with Gasteiger partial charge >= 0.3 is 5.97 Å². The van der Waals surface area contributed by atoms with Gasteiger partial charge in [0.25, 0.3) is 0 Å². The van der Waals surface area contributed by atoms with Gasteiger partial charge in [-0.25, -0.2) is 4.79 Å². The molecule has 0 saturated carbocycles. The van der Waals surface area contributed by atoms with Crippen LogP contribution in [0.3, 0.4) is 0 Å². The number of carboxylic acid groups (broad SMARTS) is 1. The van der Waals surface area contributed by atoms with Crippen LogP contribution < -0.4 is 11.1 Å². The SMILES string of the molecule is NC1COCC1C(=O)Nc1ccc(I)cc1C(=O)O. The van der Waals surface area contributed by atoms with Crippen LogP contribution >= 0.6 is 22.6 Å². The maximum atomic E-state index is 12.0. The summed E-state index contributed by atoms with van der Waals surface area (Å²) in [6.45, 7) is 0.607. The first kappa shape index (κ1) is 14.2. The highest BCUT2D eigenvalue weighted by Crippen LogP contribution is 2.21. The molecule has 1 heterocycles. The Bertz CT molecular complexity index is 520. The van der Waals surface area contributed by atoms with E-state index in [0.29, 0.717) is 6.61 Å². The van der Waals surface area contributed by atoms with Gasteiger partial charge in [0.2, 0.25) is 5.91 Å². The molecule has 6 nitrogen and oxygen atoms in total. The lowest BCUT2D eigenvalue weighted by molar-refractivity contribution is -0.120. The van der Waals surface area contributed by atoms with Gasteiger partial charge in [0.1, 0.15) is 0 Å². The molecule has 1 saturated heterocycles. The third-order valence-electron chi connectivity index (χ3n) is 2.93. The zero-order valence-electron chi connectivity index (χ0n) is 9.93. The first-order chi connectivity index (χ1) is 8.99. The number of nitrogens with one attached hydrogen (secondary N) is 1. The highest BCUT2D eigenvalue weighted by Gasteiger charge is 2.31. The molecule has 1 aromatic rings. The summed E-state index contributed by atoms with van der Waals surface area (Å²) < 4.78 is 5.91. The lowest BCUT2D eigenvalue weighted by atomic mass is 10.0. The number of ether oxygens (including phenoxy) is 1. The number of amides is 1. The molecule has 102 valence electrons. The van der Waals surface area contributed by atoms with E-state index in [1.54, 1.807) is 12.1 Å². The first-order valence-electron chi connectivity index (χ1n) is 5.66. The van der Waals surface area contributed by atoms with Crippen molar-refractivity contribution in [2.45, 2.75) is 6.04 Å². The number of hydrogen-bond donors (Lipinski definition) is 3. The van der Waals surface area contributed by atoms with E-state index in [1.807, 2.05) is 22.6 Å². The number of anilines is 1. The minimum atomic E-state index is -1.08. The standard InChI is InChI=1S/C12H13IN2O4/c13-6-1-2-10(7(3-6)12(17)18)15-11(16)8-4-19-5-9(8)14/h1-3,8-9H,4-5,14H2,(H,15,16)(H,17,18). The first-order valence-corrected chi connectivity index (χ1v) is 6.74. The lowest BCUT2D eigenvalue weighted by Crippen LogP contribution is -2.37. The van der Waals surface area contributed by atoms with E-state index in [2.05, 4.69) is 5.32 Å². The number of rotatable bonds is 3. The third-order valence-corrected chi connectivity index (χ3v) is 3.60. The highest BCUT2D eigenvalue weighted by molar-refractivity contribution is 14.1. The zero-order chi connectivity index (χ0) is 14.0. The van der Waals surface area contributed by atoms with Crippen molar-refractivity contribution in [2.75, 3.05) is 18.5 Å². The summed E-state index contributed by atoms with van der Waals surface area (Å²) in [6, 6.07) is 4.46. The highest BCUT2D eigenvalue weighted by atomic mass is 127. The Balaban J connectivity index is 2.19. The molecule has 1 aliphatic rings. The number of aromatic carboxylic acids is 1. The summed E-state index contributed by atoms with van der Waals surface area (Å²) >= 11 is 2.01. The number of nitrogens with two attached hydrogens (primary N) is 1. The average Bonchev–Trinajstić information content (AvgIpc) is 2.77. The van der Waals surface area contributed by atoms with Gasteiger partial charge in [0.05, 0.1) is 30.4 Å². The predicted molar refractivity (Wildman–Crippen MR) is 77.0 cm³/mol. The number of carboxylic acids is 1. The minimum Gasteiger partial charge on any atom is -0.478 e. The van der Waals surface area contributed by atoms with E-state index < -0.39 is 11.9 Å². The van der Waals surface area contributed by atoms with Crippen molar-refractivity contribution in [1.29, 1.82) is 0 Å². The Morgan fingerprint density at radius 3 is 2.74 bits per heavy atom. The van der Waals surface area contributed by atoms with Gasteiger partial charge in [-0.2, -0.15) is 0 Å². The molecule has 4 N–H and O–H groups in total.